The number of carbonyl (C=O) groups is 1. The lowest BCUT2D eigenvalue weighted by Crippen LogP contribution is -2.46. The molecule has 1 amide bonds. The molecule has 1 fully saturated rings. The average Bonchev–Trinajstić information content (AvgIpc) is 2.24. The Morgan fingerprint density at radius 1 is 1.47 bits per heavy atom. The summed E-state index contributed by atoms with van der Waals surface area (Å²) in [6.07, 6.45) is 3.30. The number of nitrogens with one attached hydrogen (secondary N) is 2. The number of piperidine rings is 1. The van der Waals surface area contributed by atoms with Crippen LogP contribution in [0, 0.1) is 5.92 Å². The molecule has 1 rings (SSSR count). The van der Waals surface area contributed by atoms with Gasteiger partial charge in [0.1, 0.15) is 5.60 Å². The lowest BCUT2D eigenvalue weighted by atomic mass is 9.90. The predicted molar refractivity (Wildman–Crippen MR) is 69.0 cm³/mol. The van der Waals surface area contributed by atoms with Crippen molar-refractivity contribution in [2.75, 3.05) is 13.1 Å². The maximum absolute atomic E-state index is 11.5. The molecule has 0 saturated carbocycles. The van der Waals surface area contributed by atoms with E-state index in [1.54, 1.807) is 0 Å². The molecule has 2 unspecified atom stereocenters. The minimum atomic E-state index is -0.421. The summed E-state index contributed by atoms with van der Waals surface area (Å²) in [5.41, 5.74) is -0.421. The molecule has 1 saturated heterocycles. The van der Waals surface area contributed by atoms with Crippen LogP contribution in [0.3, 0.4) is 0 Å². The normalized spacial score (nSPS) is 25.4. The van der Waals surface area contributed by atoms with Crippen molar-refractivity contribution in [3.8, 4) is 0 Å². The molecule has 2 N–H and O–H groups in total. The molecular weight excluding hydrogens is 216 g/mol. The fourth-order valence-corrected chi connectivity index (χ4v) is 2.14. The van der Waals surface area contributed by atoms with Crippen molar-refractivity contribution in [3.63, 3.8) is 0 Å². The number of hydrogen-bond acceptors (Lipinski definition) is 3. The first-order valence-corrected chi connectivity index (χ1v) is 6.61. The summed E-state index contributed by atoms with van der Waals surface area (Å²) in [7, 11) is 0. The van der Waals surface area contributed by atoms with Crippen molar-refractivity contribution in [3.05, 3.63) is 0 Å². The molecule has 4 heteroatoms. The van der Waals surface area contributed by atoms with Gasteiger partial charge in [-0.1, -0.05) is 13.3 Å². The molecule has 0 aromatic heterocycles. The van der Waals surface area contributed by atoms with Crippen molar-refractivity contribution >= 4 is 6.09 Å². The first-order valence-electron chi connectivity index (χ1n) is 6.61. The van der Waals surface area contributed by atoms with E-state index in [2.05, 4.69) is 17.6 Å². The van der Waals surface area contributed by atoms with Crippen LogP contribution in [-0.2, 0) is 4.74 Å². The van der Waals surface area contributed by atoms with Crippen LogP contribution in [0.5, 0.6) is 0 Å². The van der Waals surface area contributed by atoms with Crippen molar-refractivity contribution in [2.45, 2.75) is 58.6 Å². The van der Waals surface area contributed by atoms with Gasteiger partial charge in [-0.2, -0.15) is 0 Å². The largest absolute Gasteiger partial charge is 0.444 e. The Balaban J connectivity index is 2.23. The van der Waals surface area contributed by atoms with Gasteiger partial charge in [0.15, 0.2) is 0 Å². The number of carbonyl (C=O) groups excluding carboxylic acids is 1. The SMILES string of the molecule is CCC1CCNC(CNC(=O)OC(C)(C)C)C1. The standard InChI is InChI=1S/C13H26N2O2/c1-5-10-6-7-14-11(8-10)9-15-12(16)17-13(2,3)4/h10-11,14H,5-9H2,1-4H3,(H,15,16). The van der Waals surface area contributed by atoms with E-state index in [0.717, 1.165) is 18.9 Å². The monoisotopic (exact) mass is 242 g/mol. The van der Waals surface area contributed by atoms with Gasteiger partial charge in [0, 0.05) is 12.6 Å². The van der Waals surface area contributed by atoms with Crippen LogP contribution in [0.1, 0.15) is 47.0 Å². The Hall–Kier alpha value is -0.770. The van der Waals surface area contributed by atoms with Gasteiger partial charge in [0.2, 0.25) is 0 Å². The lowest BCUT2D eigenvalue weighted by molar-refractivity contribution is 0.0518. The highest BCUT2D eigenvalue weighted by molar-refractivity contribution is 5.67. The maximum Gasteiger partial charge on any atom is 0.407 e. The Bertz CT molecular complexity index is 248. The molecule has 1 aliphatic rings. The fourth-order valence-electron chi connectivity index (χ4n) is 2.14. The molecule has 1 heterocycles. The van der Waals surface area contributed by atoms with Crippen LogP contribution in [0.25, 0.3) is 0 Å². The van der Waals surface area contributed by atoms with Crippen LogP contribution in [-0.4, -0.2) is 30.8 Å². The highest BCUT2D eigenvalue weighted by Gasteiger charge is 2.21. The molecule has 100 valence electrons. The second kappa shape index (κ2) is 6.24. The average molecular weight is 242 g/mol. The molecule has 0 spiro atoms. The first-order chi connectivity index (χ1) is 7.90. The second-order valence-corrected chi connectivity index (χ2v) is 5.83. The molecule has 2 atom stereocenters. The van der Waals surface area contributed by atoms with E-state index in [1.165, 1.54) is 12.8 Å². The molecule has 0 bridgehead atoms. The van der Waals surface area contributed by atoms with Gasteiger partial charge in [0.05, 0.1) is 0 Å². The van der Waals surface area contributed by atoms with Gasteiger partial charge in [-0.3, -0.25) is 0 Å². The van der Waals surface area contributed by atoms with Crippen LogP contribution in [0.15, 0.2) is 0 Å². The van der Waals surface area contributed by atoms with Gasteiger partial charge < -0.3 is 15.4 Å². The topological polar surface area (TPSA) is 50.4 Å². The van der Waals surface area contributed by atoms with E-state index in [1.807, 2.05) is 20.8 Å². The van der Waals surface area contributed by atoms with Gasteiger partial charge in [-0.15, -0.1) is 0 Å². The van der Waals surface area contributed by atoms with Crippen molar-refractivity contribution < 1.29 is 9.53 Å². The molecule has 0 radical (unpaired) electrons. The van der Waals surface area contributed by atoms with Gasteiger partial charge in [-0.25, -0.2) is 4.79 Å². The Labute approximate surface area is 104 Å². The minimum absolute atomic E-state index is 0.321. The predicted octanol–water partition coefficient (Wildman–Crippen LogP) is 2.29. The van der Waals surface area contributed by atoms with E-state index in [4.69, 9.17) is 4.74 Å². The Morgan fingerprint density at radius 3 is 2.76 bits per heavy atom. The minimum Gasteiger partial charge on any atom is -0.444 e. The van der Waals surface area contributed by atoms with Crippen molar-refractivity contribution in [2.24, 2.45) is 5.92 Å². The Kier molecular flexibility index (Phi) is 5.25. The third-order valence-corrected chi connectivity index (χ3v) is 3.07. The molecule has 0 aromatic carbocycles. The highest BCUT2D eigenvalue weighted by atomic mass is 16.6. The summed E-state index contributed by atoms with van der Waals surface area (Å²) in [5, 5.41) is 6.26. The summed E-state index contributed by atoms with van der Waals surface area (Å²) in [5.74, 6) is 0.793. The van der Waals surface area contributed by atoms with Gasteiger partial charge >= 0.3 is 6.09 Å². The zero-order chi connectivity index (χ0) is 12.9. The number of ether oxygens (including phenoxy) is 1. The summed E-state index contributed by atoms with van der Waals surface area (Å²) in [6.45, 7) is 9.56. The lowest BCUT2D eigenvalue weighted by Gasteiger charge is -2.30. The molecule has 1 aliphatic heterocycles. The number of rotatable bonds is 3. The van der Waals surface area contributed by atoms with Crippen LogP contribution >= 0.6 is 0 Å². The maximum atomic E-state index is 11.5. The molecular formula is C13H26N2O2. The summed E-state index contributed by atoms with van der Waals surface area (Å²) in [6, 6.07) is 0.390. The summed E-state index contributed by atoms with van der Waals surface area (Å²) >= 11 is 0. The summed E-state index contributed by atoms with van der Waals surface area (Å²) < 4.78 is 5.20. The number of hydrogen-bond donors (Lipinski definition) is 2. The number of amides is 1. The molecule has 4 nitrogen and oxygen atoms in total. The van der Waals surface area contributed by atoms with Crippen LogP contribution < -0.4 is 10.6 Å². The van der Waals surface area contributed by atoms with E-state index in [-0.39, 0.29) is 6.09 Å². The zero-order valence-electron chi connectivity index (χ0n) is 11.5. The van der Waals surface area contributed by atoms with Gasteiger partial charge in [-0.05, 0) is 46.1 Å². The molecule has 0 aromatic rings. The van der Waals surface area contributed by atoms with Crippen LogP contribution in [0.2, 0.25) is 0 Å². The Morgan fingerprint density at radius 2 is 2.18 bits per heavy atom. The highest BCUT2D eigenvalue weighted by Crippen LogP contribution is 2.18. The quantitative estimate of drug-likeness (QED) is 0.798. The fraction of sp³-hybridized carbons (Fsp3) is 0.923. The van der Waals surface area contributed by atoms with Crippen molar-refractivity contribution in [1.29, 1.82) is 0 Å². The third-order valence-electron chi connectivity index (χ3n) is 3.07. The van der Waals surface area contributed by atoms with E-state index < -0.39 is 5.60 Å². The number of alkyl carbamates (subject to hydrolysis) is 1. The van der Waals surface area contributed by atoms with Gasteiger partial charge in [0.25, 0.3) is 0 Å². The second-order valence-electron chi connectivity index (χ2n) is 5.83. The van der Waals surface area contributed by atoms with Crippen molar-refractivity contribution in [1.82, 2.24) is 10.6 Å². The first kappa shape index (κ1) is 14.3. The smallest absolute Gasteiger partial charge is 0.407 e. The van der Waals surface area contributed by atoms with E-state index in [0.29, 0.717) is 12.6 Å². The van der Waals surface area contributed by atoms with E-state index >= 15 is 0 Å². The third kappa shape index (κ3) is 5.91. The van der Waals surface area contributed by atoms with E-state index in [9.17, 15) is 4.79 Å². The summed E-state index contributed by atoms with van der Waals surface area (Å²) in [4.78, 5) is 11.5. The molecule has 17 heavy (non-hydrogen) atoms. The zero-order valence-corrected chi connectivity index (χ0v) is 11.5. The van der Waals surface area contributed by atoms with Crippen LogP contribution in [0.4, 0.5) is 4.79 Å². The molecule has 0 aliphatic carbocycles.